The molecule has 152 valence electrons. The fourth-order valence-electron chi connectivity index (χ4n) is 4.00. The number of hydrogen-bond donors (Lipinski definition) is 0. The number of allylic oxidation sites excluding steroid dienone is 1. The van der Waals surface area contributed by atoms with E-state index in [0.717, 1.165) is 0 Å². The van der Waals surface area contributed by atoms with Crippen LogP contribution in [0.1, 0.15) is 49.9 Å². The Morgan fingerprint density at radius 3 is 2.79 bits per heavy atom. The van der Waals surface area contributed by atoms with Crippen molar-refractivity contribution in [1.29, 1.82) is 0 Å². The molecule has 0 aromatic heterocycles. The minimum atomic E-state index is -0.420. The number of esters is 2. The number of benzene rings is 1. The van der Waals surface area contributed by atoms with Gasteiger partial charge in [-0.25, -0.2) is 4.79 Å². The van der Waals surface area contributed by atoms with Gasteiger partial charge >= 0.3 is 11.9 Å². The van der Waals surface area contributed by atoms with Crippen molar-refractivity contribution in [2.24, 2.45) is 17.8 Å². The SMILES string of the molecule is CC#CCCC(C)C(=O)/C=C/[C@@H]1[C@H]2CC(=O)O[C@H]2C[C@H]1OC(=O)c1ccccc1. The Kier molecular flexibility index (Phi) is 6.87. The second-order valence-electron chi connectivity index (χ2n) is 7.65. The molecule has 1 saturated heterocycles. The van der Waals surface area contributed by atoms with Gasteiger partial charge in [0, 0.05) is 30.6 Å². The molecule has 5 atom stereocenters. The summed E-state index contributed by atoms with van der Waals surface area (Å²) in [5.41, 5.74) is 0.478. The largest absolute Gasteiger partial charge is 0.462 e. The Morgan fingerprint density at radius 1 is 1.31 bits per heavy atom. The molecule has 0 bridgehead atoms. The summed E-state index contributed by atoms with van der Waals surface area (Å²) < 4.78 is 11.1. The molecule has 1 aromatic carbocycles. The fourth-order valence-corrected chi connectivity index (χ4v) is 4.00. The first-order valence-electron chi connectivity index (χ1n) is 10.1. The minimum absolute atomic E-state index is 0.0183. The average Bonchev–Trinajstić information content (AvgIpc) is 3.22. The van der Waals surface area contributed by atoms with Crippen molar-refractivity contribution in [2.75, 3.05) is 0 Å². The van der Waals surface area contributed by atoms with Crippen LogP contribution >= 0.6 is 0 Å². The van der Waals surface area contributed by atoms with Crippen LogP contribution in [0.2, 0.25) is 0 Å². The van der Waals surface area contributed by atoms with Crippen LogP contribution in [0.25, 0.3) is 0 Å². The molecule has 1 saturated carbocycles. The predicted molar refractivity (Wildman–Crippen MR) is 108 cm³/mol. The van der Waals surface area contributed by atoms with Crippen molar-refractivity contribution >= 4 is 17.7 Å². The third kappa shape index (κ3) is 5.14. The lowest BCUT2D eigenvalue weighted by Gasteiger charge is -2.20. The van der Waals surface area contributed by atoms with Crippen LogP contribution < -0.4 is 0 Å². The van der Waals surface area contributed by atoms with E-state index in [-0.39, 0.29) is 42.0 Å². The molecular formula is C24H26O5. The molecule has 5 heteroatoms. The lowest BCUT2D eigenvalue weighted by Crippen LogP contribution is -2.25. The molecule has 3 rings (SSSR count). The molecule has 29 heavy (non-hydrogen) atoms. The Balaban J connectivity index is 1.69. The van der Waals surface area contributed by atoms with E-state index >= 15 is 0 Å². The van der Waals surface area contributed by atoms with E-state index in [1.807, 2.05) is 13.0 Å². The zero-order valence-corrected chi connectivity index (χ0v) is 16.8. The van der Waals surface area contributed by atoms with Gasteiger partial charge in [0.25, 0.3) is 0 Å². The monoisotopic (exact) mass is 394 g/mol. The van der Waals surface area contributed by atoms with Crippen molar-refractivity contribution in [3.8, 4) is 11.8 Å². The van der Waals surface area contributed by atoms with E-state index in [1.54, 1.807) is 43.3 Å². The second-order valence-corrected chi connectivity index (χ2v) is 7.65. The van der Waals surface area contributed by atoms with Crippen LogP contribution in [0.5, 0.6) is 0 Å². The maximum absolute atomic E-state index is 12.5. The third-order valence-corrected chi connectivity index (χ3v) is 5.67. The van der Waals surface area contributed by atoms with Gasteiger partial charge in [-0.05, 0) is 31.6 Å². The number of ketones is 1. The van der Waals surface area contributed by atoms with Gasteiger partial charge in [-0.3, -0.25) is 9.59 Å². The quantitative estimate of drug-likeness (QED) is 0.400. The standard InChI is InChI=1S/C24H26O5/c1-3-4-6-9-16(2)20(25)13-12-18-19-14-23(26)28-22(19)15-21(18)29-24(27)17-10-7-5-8-11-17/h5,7-8,10-13,16,18-19,21-22H,6,9,14-15H2,1-2H3/b13-12+/t16?,18-,19-,21-,22+/m1/s1. The molecule has 0 N–H and O–H groups in total. The summed E-state index contributed by atoms with van der Waals surface area (Å²) in [7, 11) is 0. The highest BCUT2D eigenvalue weighted by Gasteiger charge is 2.50. The third-order valence-electron chi connectivity index (χ3n) is 5.67. The maximum atomic E-state index is 12.5. The van der Waals surface area contributed by atoms with E-state index < -0.39 is 12.1 Å². The number of rotatable bonds is 7. The Bertz CT molecular complexity index is 845. The van der Waals surface area contributed by atoms with Gasteiger partial charge in [-0.2, -0.15) is 0 Å². The molecule has 1 aromatic rings. The van der Waals surface area contributed by atoms with Gasteiger partial charge in [-0.15, -0.1) is 11.8 Å². The van der Waals surface area contributed by atoms with E-state index in [9.17, 15) is 14.4 Å². The summed E-state index contributed by atoms with van der Waals surface area (Å²) in [6.07, 6.45) is 4.83. The highest BCUT2D eigenvalue weighted by Crippen LogP contribution is 2.43. The Morgan fingerprint density at radius 2 is 2.07 bits per heavy atom. The van der Waals surface area contributed by atoms with E-state index in [2.05, 4.69) is 11.8 Å². The molecule has 5 nitrogen and oxygen atoms in total. The normalized spacial score (nSPS) is 26.3. The second kappa shape index (κ2) is 9.56. The first-order chi connectivity index (χ1) is 14.0. The summed E-state index contributed by atoms with van der Waals surface area (Å²) in [6.45, 7) is 3.67. The highest BCUT2D eigenvalue weighted by molar-refractivity contribution is 5.91. The summed E-state index contributed by atoms with van der Waals surface area (Å²) in [6, 6.07) is 8.80. The molecule has 1 heterocycles. The van der Waals surface area contributed by atoms with Crippen molar-refractivity contribution in [2.45, 2.75) is 51.7 Å². The Labute approximate surface area is 171 Å². The van der Waals surface area contributed by atoms with Crippen molar-refractivity contribution in [3.05, 3.63) is 48.0 Å². The number of carbonyl (C=O) groups excluding carboxylic acids is 3. The van der Waals surface area contributed by atoms with Crippen LogP contribution in [0.4, 0.5) is 0 Å². The lowest BCUT2D eigenvalue weighted by molar-refractivity contribution is -0.141. The maximum Gasteiger partial charge on any atom is 0.338 e. The molecule has 0 amide bonds. The molecule has 2 aliphatic rings. The average molecular weight is 394 g/mol. The zero-order valence-electron chi connectivity index (χ0n) is 16.8. The summed E-state index contributed by atoms with van der Waals surface area (Å²) in [4.78, 5) is 36.7. The Hall–Kier alpha value is -2.87. The number of ether oxygens (including phenoxy) is 2. The molecule has 1 aliphatic carbocycles. The minimum Gasteiger partial charge on any atom is -0.462 e. The first-order valence-corrected chi connectivity index (χ1v) is 10.1. The summed E-state index contributed by atoms with van der Waals surface area (Å²) in [5.74, 6) is 4.77. The van der Waals surface area contributed by atoms with Gasteiger partial charge in [0.15, 0.2) is 5.78 Å². The highest BCUT2D eigenvalue weighted by atomic mass is 16.6. The van der Waals surface area contributed by atoms with Crippen molar-refractivity contribution in [1.82, 2.24) is 0 Å². The number of carbonyl (C=O) groups is 3. The van der Waals surface area contributed by atoms with Crippen LogP contribution in [0.3, 0.4) is 0 Å². The van der Waals surface area contributed by atoms with Gasteiger partial charge in [0.2, 0.25) is 0 Å². The van der Waals surface area contributed by atoms with Crippen molar-refractivity contribution in [3.63, 3.8) is 0 Å². The fraction of sp³-hybridized carbons (Fsp3) is 0.458. The van der Waals surface area contributed by atoms with Crippen LogP contribution in [0.15, 0.2) is 42.5 Å². The first kappa shape index (κ1) is 20.9. The predicted octanol–water partition coefficient (Wildman–Crippen LogP) is 3.73. The van der Waals surface area contributed by atoms with E-state index in [1.165, 1.54) is 0 Å². The molecule has 1 aliphatic heterocycles. The van der Waals surface area contributed by atoms with Gasteiger partial charge in [-0.1, -0.05) is 31.2 Å². The molecule has 2 fully saturated rings. The summed E-state index contributed by atoms with van der Waals surface area (Å²) in [5, 5.41) is 0. The van der Waals surface area contributed by atoms with Gasteiger partial charge < -0.3 is 9.47 Å². The van der Waals surface area contributed by atoms with E-state index in [4.69, 9.17) is 9.47 Å². The van der Waals surface area contributed by atoms with Crippen LogP contribution in [-0.2, 0) is 19.1 Å². The van der Waals surface area contributed by atoms with Gasteiger partial charge in [0.1, 0.15) is 12.2 Å². The molecular weight excluding hydrogens is 368 g/mol. The smallest absolute Gasteiger partial charge is 0.338 e. The number of fused-ring (bicyclic) bond motifs is 1. The molecule has 0 spiro atoms. The topological polar surface area (TPSA) is 69.7 Å². The number of hydrogen-bond acceptors (Lipinski definition) is 5. The summed E-state index contributed by atoms with van der Waals surface area (Å²) >= 11 is 0. The molecule has 0 radical (unpaired) electrons. The van der Waals surface area contributed by atoms with Crippen molar-refractivity contribution < 1.29 is 23.9 Å². The van der Waals surface area contributed by atoms with Crippen LogP contribution in [-0.4, -0.2) is 29.9 Å². The van der Waals surface area contributed by atoms with Gasteiger partial charge in [0.05, 0.1) is 12.0 Å². The van der Waals surface area contributed by atoms with Crippen LogP contribution in [0, 0.1) is 29.6 Å². The molecule has 1 unspecified atom stereocenters. The lowest BCUT2D eigenvalue weighted by atomic mass is 9.90. The van der Waals surface area contributed by atoms with E-state index in [0.29, 0.717) is 24.8 Å². The zero-order chi connectivity index (χ0) is 20.8.